The standard InChI is InChI=1S/C15H15BrO/c1-10(2)11-6-8-12(9-7-11)13-4-3-5-14(17)15(13)16/h3-10,17H,1-2H3. The van der Waals surface area contributed by atoms with Crippen LogP contribution in [0.25, 0.3) is 11.1 Å². The second kappa shape index (κ2) is 4.92. The highest BCUT2D eigenvalue weighted by Gasteiger charge is 2.07. The predicted molar refractivity (Wildman–Crippen MR) is 75.3 cm³/mol. The van der Waals surface area contributed by atoms with E-state index in [9.17, 15) is 5.11 Å². The molecule has 0 heterocycles. The molecule has 0 aliphatic rings. The molecule has 0 atom stereocenters. The first-order chi connectivity index (χ1) is 8.09. The number of rotatable bonds is 2. The van der Waals surface area contributed by atoms with Gasteiger partial charge in [-0.05, 0) is 44.6 Å². The lowest BCUT2D eigenvalue weighted by molar-refractivity contribution is 0.472. The SMILES string of the molecule is CC(C)c1ccc(-c2cccc(O)c2Br)cc1. The number of phenolic OH excluding ortho intramolecular Hbond substituents is 1. The maximum absolute atomic E-state index is 9.66. The molecule has 0 unspecified atom stereocenters. The second-order valence-corrected chi connectivity index (χ2v) is 5.21. The van der Waals surface area contributed by atoms with Gasteiger partial charge in [-0.1, -0.05) is 50.2 Å². The van der Waals surface area contributed by atoms with E-state index in [1.54, 1.807) is 6.07 Å². The molecule has 2 aromatic rings. The molecule has 0 aliphatic heterocycles. The fraction of sp³-hybridized carbons (Fsp3) is 0.200. The summed E-state index contributed by atoms with van der Waals surface area (Å²) >= 11 is 3.41. The van der Waals surface area contributed by atoms with Gasteiger partial charge < -0.3 is 5.11 Å². The van der Waals surface area contributed by atoms with Crippen molar-refractivity contribution in [2.75, 3.05) is 0 Å². The molecular formula is C15H15BrO. The molecule has 2 aromatic carbocycles. The molecule has 0 bridgehead atoms. The number of halogens is 1. The number of phenols is 1. The monoisotopic (exact) mass is 290 g/mol. The van der Waals surface area contributed by atoms with E-state index in [4.69, 9.17) is 0 Å². The summed E-state index contributed by atoms with van der Waals surface area (Å²) in [7, 11) is 0. The Balaban J connectivity index is 2.43. The Kier molecular flexibility index (Phi) is 3.53. The number of hydrogen-bond donors (Lipinski definition) is 1. The van der Waals surface area contributed by atoms with Gasteiger partial charge in [0, 0.05) is 0 Å². The third-order valence-electron chi connectivity index (χ3n) is 2.87. The summed E-state index contributed by atoms with van der Waals surface area (Å²) in [6, 6.07) is 14.0. The summed E-state index contributed by atoms with van der Waals surface area (Å²) < 4.78 is 0.747. The molecule has 2 rings (SSSR count). The first-order valence-electron chi connectivity index (χ1n) is 5.67. The summed E-state index contributed by atoms with van der Waals surface area (Å²) in [4.78, 5) is 0. The first kappa shape index (κ1) is 12.2. The van der Waals surface area contributed by atoms with E-state index in [-0.39, 0.29) is 5.75 Å². The summed E-state index contributed by atoms with van der Waals surface area (Å²) in [6.45, 7) is 4.36. The van der Waals surface area contributed by atoms with E-state index in [1.807, 2.05) is 12.1 Å². The van der Waals surface area contributed by atoms with Crippen LogP contribution in [0.5, 0.6) is 5.75 Å². The summed E-state index contributed by atoms with van der Waals surface area (Å²) in [5, 5.41) is 9.66. The molecule has 1 N–H and O–H groups in total. The Hall–Kier alpha value is -1.28. The zero-order valence-electron chi connectivity index (χ0n) is 9.94. The number of hydrogen-bond acceptors (Lipinski definition) is 1. The smallest absolute Gasteiger partial charge is 0.130 e. The van der Waals surface area contributed by atoms with E-state index in [0.717, 1.165) is 15.6 Å². The molecule has 0 amide bonds. The average molecular weight is 291 g/mol. The van der Waals surface area contributed by atoms with Crippen molar-refractivity contribution in [3.63, 3.8) is 0 Å². The maximum Gasteiger partial charge on any atom is 0.130 e. The van der Waals surface area contributed by atoms with Crippen LogP contribution in [0.3, 0.4) is 0 Å². The van der Waals surface area contributed by atoms with Crippen LogP contribution in [0.4, 0.5) is 0 Å². The zero-order chi connectivity index (χ0) is 12.4. The van der Waals surface area contributed by atoms with Crippen molar-refractivity contribution in [2.24, 2.45) is 0 Å². The van der Waals surface area contributed by atoms with Crippen molar-refractivity contribution in [2.45, 2.75) is 19.8 Å². The summed E-state index contributed by atoms with van der Waals surface area (Å²) in [5.41, 5.74) is 3.45. The van der Waals surface area contributed by atoms with Gasteiger partial charge in [-0.2, -0.15) is 0 Å². The molecule has 2 heteroatoms. The Morgan fingerprint density at radius 1 is 1.00 bits per heavy atom. The lowest BCUT2D eigenvalue weighted by Crippen LogP contribution is -1.87. The molecule has 0 saturated heterocycles. The molecule has 0 aromatic heterocycles. The maximum atomic E-state index is 9.66. The molecule has 0 radical (unpaired) electrons. The minimum Gasteiger partial charge on any atom is -0.507 e. The lowest BCUT2D eigenvalue weighted by Gasteiger charge is -2.09. The van der Waals surface area contributed by atoms with Gasteiger partial charge in [0.05, 0.1) is 4.47 Å². The minimum atomic E-state index is 0.274. The van der Waals surface area contributed by atoms with Crippen molar-refractivity contribution in [3.8, 4) is 16.9 Å². The van der Waals surface area contributed by atoms with Gasteiger partial charge in [-0.3, -0.25) is 0 Å². The van der Waals surface area contributed by atoms with Crippen LogP contribution in [-0.4, -0.2) is 5.11 Å². The van der Waals surface area contributed by atoms with Gasteiger partial charge >= 0.3 is 0 Å². The molecule has 1 nitrogen and oxygen atoms in total. The van der Waals surface area contributed by atoms with Crippen LogP contribution in [0.15, 0.2) is 46.9 Å². The third-order valence-corrected chi connectivity index (χ3v) is 3.70. The van der Waals surface area contributed by atoms with E-state index in [0.29, 0.717) is 5.92 Å². The molecule has 0 saturated carbocycles. The molecular weight excluding hydrogens is 276 g/mol. The van der Waals surface area contributed by atoms with Crippen LogP contribution < -0.4 is 0 Å². The topological polar surface area (TPSA) is 20.2 Å². The van der Waals surface area contributed by atoms with E-state index in [1.165, 1.54) is 5.56 Å². The third kappa shape index (κ3) is 2.52. The highest BCUT2D eigenvalue weighted by molar-refractivity contribution is 9.10. The van der Waals surface area contributed by atoms with Crippen LogP contribution in [0.2, 0.25) is 0 Å². The van der Waals surface area contributed by atoms with Gasteiger partial charge in [0.1, 0.15) is 5.75 Å². The normalized spacial score (nSPS) is 10.8. The summed E-state index contributed by atoms with van der Waals surface area (Å²) in [5.74, 6) is 0.812. The van der Waals surface area contributed by atoms with E-state index >= 15 is 0 Å². The molecule has 88 valence electrons. The Morgan fingerprint density at radius 3 is 2.24 bits per heavy atom. The van der Waals surface area contributed by atoms with Crippen molar-refractivity contribution < 1.29 is 5.11 Å². The Morgan fingerprint density at radius 2 is 1.65 bits per heavy atom. The van der Waals surface area contributed by atoms with E-state index in [2.05, 4.69) is 54.0 Å². The van der Waals surface area contributed by atoms with Gasteiger partial charge in [-0.25, -0.2) is 0 Å². The fourth-order valence-corrected chi connectivity index (χ4v) is 2.28. The number of benzene rings is 2. The van der Waals surface area contributed by atoms with Crippen molar-refractivity contribution in [3.05, 3.63) is 52.5 Å². The van der Waals surface area contributed by atoms with Gasteiger partial charge in [-0.15, -0.1) is 0 Å². The van der Waals surface area contributed by atoms with Crippen molar-refractivity contribution in [1.29, 1.82) is 0 Å². The van der Waals surface area contributed by atoms with Crippen LogP contribution in [-0.2, 0) is 0 Å². The Bertz CT molecular complexity index is 515. The summed E-state index contributed by atoms with van der Waals surface area (Å²) in [6.07, 6.45) is 0. The molecule has 17 heavy (non-hydrogen) atoms. The van der Waals surface area contributed by atoms with Gasteiger partial charge in [0.25, 0.3) is 0 Å². The van der Waals surface area contributed by atoms with Crippen molar-refractivity contribution in [1.82, 2.24) is 0 Å². The van der Waals surface area contributed by atoms with Gasteiger partial charge in [0.15, 0.2) is 0 Å². The molecule has 0 aliphatic carbocycles. The highest BCUT2D eigenvalue weighted by atomic mass is 79.9. The average Bonchev–Trinajstić information content (AvgIpc) is 2.33. The molecule has 0 fully saturated rings. The highest BCUT2D eigenvalue weighted by Crippen LogP contribution is 2.35. The number of aromatic hydroxyl groups is 1. The second-order valence-electron chi connectivity index (χ2n) is 4.42. The van der Waals surface area contributed by atoms with Crippen molar-refractivity contribution >= 4 is 15.9 Å². The molecule has 0 spiro atoms. The fourth-order valence-electron chi connectivity index (χ4n) is 1.79. The van der Waals surface area contributed by atoms with Gasteiger partial charge in [0.2, 0.25) is 0 Å². The quantitative estimate of drug-likeness (QED) is 0.830. The first-order valence-corrected chi connectivity index (χ1v) is 6.46. The predicted octanol–water partition coefficient (Wildman–Crippen LogP) is 4.95. The van der Waals surface area contributed by atoms with Crippen LogP contribution >= 0.6 is 15.9 Å². The lowest BCUT2D eigenvalue weighted by atomic mass is 9.99. The zero-order valence-corrected chi connectivity index (χ0v) is 11.5. The largest absolute Gasteiger partial charge is 0.507 e. The van der Waals surface area contributed by atoms with Crippen LogP contribution in [0.1, 0.15) is 25.3 Å². The Labute approximate surface area is 110 Å². The van der Waals surface area contributed by atoms with E-state index < -0.39 is 0 Å². The van der Waals surface area contributed by atoms with Crippen LogP contribution in [0, 0.1) is 0 Å². The minimum absolute atomic E-state index is 0.274.